The molecule has 1 fully saturated rings. The zero-order valence-corrected chi connectivity index (χ0v) is 16.2. The Balaban J connectivity index is 1.46. The largest absolute Gasteiger partial charge is 0.455 e. The highest BCUT2D eigenvalue weighted by molar-refractivity contribution is 6.03. The summed E-state index contributed by atoms with van der Waals surface area (Å²) in [5.74, 6) is 0.621. The van der Waals surface area contributed by atoms with Crippen molar-refractivity contribution in [3.8, 4) is 11.5 Å². The minimum absolute atomic E-state index is 0.0391. The monoisotopic (exact) mass is 386 g/mol. The van der Waals surface area contributed by atoms with Gasteiger partial charge in [-0.15, -0.1) is 0 Å². The fourth-order valence-corrected chi connectivity index (χ4v) is 3.37. The summed E-state index contributed by atoms with van der Waals surface area (Å²) in [7, 11) is 0. The molecule has 1 heterocycles. The van der Waals surface area contributed by atoms with Crippen LogP contribution < -0.4 is 15.0 Å². The molecule has 0 radical (unpaired) electrons. The number of anilines is 2. The molecule has 5 nitrogen and oxygen atoms in total. The summed E-state index contributed by atoms with van der Waals surface area (Å²) in [5.41, 5.74) is 2.54. The van der Waals surface area contributed by atoms with Gasteiger partial charge in [0.05, 0.1) is 11.6 Å². The molecule has 1 aliphatic heterocycles. The van der Waals surface area contributed by atoms with Gasteiger partial charge in [-0.05, 0) is 43.3 Å². The zero-order chi connectivity index (χ0) is 20.2. The van der Waals surface area contributed by atoms with Gasteiger partial charge in [0, 0.05) is 18.7 Å². The van der Waals surface area contributed by atoms with E-state index >= 15 is 0 Å². The molecule has 0 saturated carbocycles. The van der Waals surface area contributed by atoms with Crippen molar-refractivity contribution in [2.45, 2.75) is 13.3 Å². The third-order valence-corrected chi connectivity index (χ3v) is 4.96. The average Bonchev–Trinajstić information content (AvgIpc) is 3.13. The number of aryl methyl sites for hydroxylation is 1. The van der Waals surface area contributed by atoms with Gasteiger partial charge >= 0.3 is 0 Å². The van der Waals surface area contributed by atoms with Crippen molar-refractivity contribution in [3.05, 3.63) is 84.4 Å². The van der Waals surface area contributed by atoms with Gasteiger partial charge in [-0.25, -0.2) is 0 Å². The maximum absolute atomic E-state index is 12.9. The number of nitrogens with one attached hydrogen (secondary N) is 1. The van der Waals surface area contributed by atoms with E-state index in [9.17, 15) is 9.59 Å². The third kappa shape index (κ3) is 4.29. The Hall–Kier alpha value is -3.60. The molecule has 0 aromatic heterocycles. The second-order valence-electron chi connectivity index (χ2n) is 7.14. The van der Waals surface area contributed by atoms with Gasteiger partial charge in [-0.3, -0.25) is 9.59 Å². The summed E-state index contributed by atoms with van der Waals surface area (Å²) in [4.78, 5) is 27.0. The van der Waals surface area contributed by atoms with E-state index in [1.807, 2.05) is 73.7 Å². The first-order chi connectivity index (χ1) is 14.1. The van der Waals surface area contributed by atoms with E-state index in [-0.39, 0.29) is 18.2 Å². The maximum atomic E-state index is 12.9. The molecule has 3 aromatic carbocycles. The first kappa shape index (κ1) is 18.7. The fourth-order valence-electron chi connectivity index (χ4n) is 3.37. The molecule has 1 atom stereocenters. The van der Waals surface area contributed by atoms with Crippen LogP contribution in [0.3, 0.4) is 0 Å². The van der Waals surface area contributed by atoms with Gasteiger partial charge in [-0.1, -0.05) is 48.0 Å². The molecule has 5 heteroatoms. The van der Waals surface area contributed by atoms with Crippen LogP contribution in [0.4, 0.5) is 11.4 Å². The van der Waals surface area contributed by atoms with Crippen LogP contribution in [0.5, 0.6) is 11.5 Å². The Labute approximate surface area is 169 Å². The van der Waals surface area contributed by atoms with E-state index in [2.05, 4.69) is 5.32 Å². The molecule has 0 bridgehead atoms. The van der Waals surface area contributed by atoms with E-state index < -0.39 is 5.92 Å². The van der Waals surface area contributed by atoms with Crippen LogP contribution in [-0.2, 0) is 9.59 Å². The van der Waals surface area contributed by atoms with Gasteiger partial charge < -0.3 is 15.0 Å². The molecule has 1 saturated heterocycles. The van der Waals surface area contributed by atoms with Crippen LogP contribution in [0.25, 0.3) is 0 Å². The quantitative estimate of drug-likeness (QED) is 0.687. The Kier molecular flexibility index (Phi) is 5.29. The molecule has 146 valence electrons. The summed E-state index contributed by atoms with van der Waals surface area (Å²) in [6.07, 6.45) is 0.196. The third-order valence-electron chi connectivity index (χ3n) is 4.96. The molecule has 0 spiro atoms. The molecular formula is C24H22N2O3. The van der Waals surface area contributed by atoms with Crippen molar-refractivity contribution in [3.63, 3.8) is 0 Å². The molecule has 1 aliphatic rings. The van der Waals surface area contributed by atoms with Crippen LogP contribution in [-0.4, -0.2) is 18.4 Å². The van der Waals surface area contributed by atoms with Crippen molar-refractivity contribution in [2.75, 3.05) is 16.8 Å². The second-order valence-corrected chi connectivity index (χ2v) is 7.14. The lowest BCUT2D eigenvalue weighted by atomic mass is 10.1. The Morgan fingerprint density at radius 1 is 0.966 bits per heavy atom. The van der Waals surface area contributed by atoms with Gasteiger partial charge in [0.25, 0.3) is 0 Å². The number of benzene rings is 3. The molecule has 2 amide bonds. The summed E-state index contributed by atoms with van der Waals surface area (Å²) in [6, 6.07) is 24.5. The van der Waals surface area contributed by atoms with E-state index in [1.54, 1.807) is 17.0 Å². The van der Waals surface area contributed by atoms with Crippen molar-refractivity contribution in [1.82, 2.24) is 0 Å². The Morgan fingerprint density at radius 3 is 2.41 bits per heavy atom. The Morgan fingerprint density at radius 2 is 1.66 bits per heavy atom. The second kappa shape index (κ2) is 8.19. The standard InChI is InChI=1S/C24H22N2O3/c1-17-11-13-19(14-12-17)26-16-18(15-23(26)27)24(28)25-21-9-5-6-10-22(21)29-20-7-3-2-4-8-20/h2-14,18H,15-16H2,1H3,(H,25,28). The summed E-state index contributed by atoms with van der Waals surface area (Å²) >= 11 is 0. The van der Waals surface area contributed by atoms with Gasteiger partial charge in [0.1, 0.15) is 5.75 Å². The van der Waals surface area contributed by atoms with Gasteiger partial charge in [-0.2, -0.15) is 0 Å². The van der Waals surface area contributed by atoms with Crippen LogP contribution >= 0.6 is 0 Å². The van der Waals surface area contributed by atoms with Crippen LogP contribution in [0.1, 0.15) is 12.0 Å². The molecule has 29 heavy (non-hydrogen) atoms. The normalized spacial score (nSPS) is 16.0. The van der Waals surface area contributed by atoms with E-state index in [0.717, 1.165) is 11.3 Å². The number of carbonyl (C=O) groups is 2. The van der Waals surface area contributed by atoms with E-state index in [1.165, 1.54) is 0 Å². The highest BCUT2D eigenvalue weighted by atomic mass is 16.5. The number of nitrogens with zero attached hydrogens (tertiary/aromatic N) is 1. The molecule has 3 aromatic rings. The number of carbonyl (C=O) groups excluding carboxylic acids is 2. The summed E-state index contributed by atoms with van der Waals surface area (Å²) in [5, 5.41) is 2.93. The maximum Gasteiger partial charge on any atom is 0.229 e. The number of amides is 2. The Bertz CT molecular complexity index is 1020. The van der Waals surface area contributed by atoms with Crippen LogP contribution in [0.2, 0.25) is 0 Å². The predicted octanol–water partition coefficient (Wildman–Crippen LogP) is 4.78. The summed E-state index contributed by atoms with van der Waals surface area (Å²) in [6.45, 7) is 2.37. The van der Waals surface area contributed by atoms with Gasteiger partial charge in [0.2, 0.25) is 11.8 Å². The number of rotatable bonds is 5. The first-order valence-electron chi connectivity index (χ1n) is 9.60. The predicted molar refractivity (Wildman–Crippen MR) is 113 cm³/mol. The zero-order valence-electron chi connectivity index (χ0n) is 16.2. The highest BCUT2D eigenvalue weighted by Gasteiger charge is 2.35. The topological polar surface area (TPSA) is 58.6 Å². The van der Waals surface area contributed by atoms with Crippen molar-refractivity contribution < 1.29 is 14.3 Å². The number of para-hydroxylation sites is 3. The minimum atomic E-state index is -0.409. The molecule has 0 aliphatic carbocycles. The number of hydrogen-bond donors (Lipinski definition) is 1. The minimum Gasteiger partial charge on any atom is -0.455 e. The SMILES string of the molecule is Cc1ccc(N2CC(C(=O)Nc3ccccc3Oc3ccccc3)CC2=O)cc1. The van der Waals surface area contributed by atoms with Crippen molar-refractivity contribution in [2.24, 2.45) is 5.92 Å². The molecule has 1 unspecified atom stereocenters. The molecule has 4 rings (SSSR count). The van der Waals surface area contributed by atoms with E-state index in [4.69, 9.17) is 4.74 Å². The molecule has 1 N–H and O–H groups in total. The highest BCUT2D eigenvalue weighted by Crippen LogP contribution is 2.31. The average molecular weight is 386 g/mol. The first-order valence-corrected chi connectivity index (χ1v) is 9.60. The van der Waals surface area contributed by atoms with Gasteiger partial charge in [0.15, 0.2) is 5.75 Å². The lowest BCUT2D eigenvalue weighted by Gasteiger charge is -2.17. The lowest BCUT2D eigenvalue weighted by molar-refractivity contribution is -0.122. The van der Waals surface area contributed by atoms with Crippen molar-refractivity contribution >= 4 is 23.2 Å². The smallest absolute Gasteiger partial charge is 0.229 e. The lowest BCUT2D eigenvalue weighted by Crippen LogP contribution is -2.28. The van der Waals surface area contributed by atoms with Crippen LogP contribution in [0, 0.1) is 12.8 Å². The van der Waals surface area contributed by atoms with Crippen molar-refractivity contribution in [1.29, 1.82) is 0 Å². The number of ether oxygens (including phenoxy) is 1. The summed E-state index contributed by atoms with van der Waals surface area (Å²) < 4.78 is 5.90. The van der Waals surface area contributed by atoms with E-state index in [0.29, 0.717) is 23.7 Å². The number of hydrogen-bond acceptors (Lipinski definition) is 3. The van der Waals surface area contributed by atoms with Crippen LogP contribution in [0.15, 0.2) is 78.9 Å². The fraction of sp³-hybridized carbons (Fsp3) is 0.167. The molecular weight excluding hydrogens is 364 g/mol.